The maximum Gasteiger partial charge on any atom is 0.322 e. The van der Waals surface area contributed by atoms with Crippen molar-refractivity contribution in [2.24, 2.45) is 0 Å². The highest BCUT2D eigenvalue weighted by Gasteiger charge is 2.36. The van der Waals surface area contributed by atoms with Gasteiger partial charge in [0.15, 0.2) is 0 Å². The molecule has 0 radical (unpaired) electrons. The molecule has 0 spiro atoms. The van der Waals surface area contributed by atoms with Gasteiger partial charge in [0.2, 0.25) is 0 Å². The third kappa shape index (κ3) is 4.21. The lowest BCUT2D eigenvalue weighted by atomic mass is 10.0. The molecule has 2 aromatic heterocycles. The van der Waals surface area contributed by atoms with Crippen LogP contribution in [0, 0.1) is 6.92 Å². The molecule has 0 aliphatic carbocycles. The van der Waals surface area contributed by atoms with Crippen molar-refractivity contribution >= 4 is 23.3 Å². The number of urea groups is 1. The zero-order chi connectivity index (χ0) is 26.2. The van der Waals surface area contributed by atoms with Crippen LogP contribution in [0.2, 0.25) is 5.02 Å². The zero-order valence-electron chi connectivity index (χ0n) is 21.0. The van der Waals surface area contributed by atoms with E-state index in [0.29, 0.717) is 17.3 Å². The average molecular weight is 524 g/mol. The van der Waals surface area contributed by atoms with Crippen molar-refractivity contribution in [1.82, 2.24) is 19.2 Å². The maximum atomic E-state index is 14.0. The van der Waals surface area contributed by atoms with Crippen LogP contribution in [0.5, 0.6) is 5.75 Å². The van der Waals surface area contributed by atoms with Gasteiger partial charge in [-0.3, -0.25) is 0 Å². The molecule has 1 unspecified atom stereocenters. The van der Waals surface area contributed by atoms with Gasteiger partial charge >= 0.3 is 6.03 Å². The molecule has 8 heteroatoms. The molecule has 1 aliphatic rings. The van der Waals surface area contributed by atoms with E-state index in [1.165, 1.54) is 0 Å². The predicted octanol–water partition coefficient (Wildman–Crippen LogP) is 6.77. The lowest BCUT2D eigenvalue weighted by Gasteiger charge is -2.31. The van der Waals surface area contributed by atoms with Crippen LogP contribution in [0.1, 0.15) is 28.6 Å². The van der Waals surface area contributed by atoms with Crippen LogP contribution >= 0.6 is 11.6 Å². The number of hydrogen-bond acceptors (Lipinski definition) is 3. The first kappa shape index (κ1) is 23.9. The standard InChI is InChI=1S/C30H26ClN5O2/c1-20-26-19-35(30(37)32-23-15-13-22(31)14-16-23)28(21-8-6-11-25(18-21)38-2)27-12-7-17-34(27)29(26)36(33-20)24-9-4-3-5-10-24/h3-18,28H,19H2,1-2H3,(H,32,37). The zero-order valence-corrected chi connectivity index (χ0v) is 21.8. The Morgan fingerprint density at radius 1 is 1.00 bits per heavy atom. The van der Waals surface area contributed by atoms with Gasteiger partial charge < -0.3 is 19.5 Å². The quantitative estimate of drug-likeness (QED) is 0.283. The number of benzene rings is 3. The van der Waals surface area contributed by atoms with Gasteiger partial charge in [0.05, 0.1) is 36.8 Å². The molecule has 3 heterocycles. The number of halogens is 1. The Labute approximate surface area is 225 Å². The number of amides is 2. The largest absolute Gasteiger partial charge is 0.497 e. The SMILES string of the molecule is COc1cccc(C2c3cccn3-c3c(c(C)nn3-c3ccccc3)CN2C(=O)Nc2ccc(Cl)cc2)c1. The minimum Gasteiger partial charge on any atom is -0.497 e. The van der Waals surface area contributed by atoms with E-state index in [1.54, 1.807) is 31.4 Å². The first-order valence-electron chi connectivity index (χ1n) is 12.3. The number of anilines is 1. The van der Waals surface area contributed by atoms with Crippen LogP contribution < -0.4 is 10.1 Å². The second kappa shape index (κ2) is 9.76. The average Bonchev–Trinajstić information content (AvgIpc) is 3.50. The van der Waals surface area contributed by atoms with Crippen LogP contribution in [-0.4, -0.2) is 32.4 Å². The Morgan fingerprint density at radius 3 is 2.55 bits per heavy atom. The molecule has 38 heavy (non-hydrogen) atoms. The van der Waals surface area contributed by atoms with Crippen LogP contribution in [0.4, 0.5) is 10.5 Å². The van der Waals surface area contributed by atoms with Crippen LogP contribution in [0.3, 0.4) is 0 Å². The fourth-order valence-electron chi connectivity index (χ4n) is 5.04. The van der Waals surface area contributed by atoms with E-state index in [-0.39, 0.29) is 12.1 Å². The summed E-state index contributed by atoms with van der Waals surface area (Å²) in [6.07, 6.45) is 2.03. The molecule has 0 saturated heterocycles. The Morgan fingerprint density at radius 2 is 1.79 bits per heavy atom. The van der Waals surface area contributed by atoms with Gasteiger partial charge in [-0.15, -0.1) is 0 Å². The highest BCUT2D eigenvalue weighted by atomic mass is 35.5. The summed E-state index contributed by atoms with van der Waals surface area (Å²) in [6, 6.07) is 28.5. The summed E-state index contributed by atoms with van der Waals surface area (Å²) in [5.74, 6) is 1.65. The summed E-state index contributed by atoms with van der Waals surface area (Å²) in [7, 11) is 1.65. The fraction of sp³-hybridized carbons (Fsp3) is 0.133. The Balaban J connectivity index is 1.53. The first-order chi connectivity index (χ1) is 18.5. The van der Waals surface area contributed by atoms with Gasteiger partial charge in [-0.05, 0) is 73.2 Å². The predicted molar refractivity (Wildman–Crippen MR) is 148 cm³/mol. The molecule has 1 N–H and O–H groups in total. The van der Waals surface area contributed by atoms with Crippen molar-refractivity contribution in [2.45, 2.75) is 19.5 Å². The number of carbonyl (C=O) groups excluding carboxylic acids is 1. The minimum absolute atomic E-state index is 0.229. The number of aryl methyl sites for hydroxylation is 1. The summed E-state index contributed by atoms with van der Waals surface area (Å²) in [5, 5.41) is 8.58. The van der Waals surface area contributed by atoms with Gasteiger partial charge in [-0.1, -0.05) is 41.9 Å². The molecule has 5 aromatic rings. The van der Waals surface area contributed by atoms with Crippen molar-refractivity contribution in [3.8, 4) is 17.3 Å². The summed E-state index contributed by atoms with van der Waals surface area (Å²) in [4.78, 5) is 15.8. The van der Waals surface area contributed by atoms with E-state index in [4.69, 9.17) is 21.4 Å². The second-order valence-corrected chi connectivity index (χ2v) is 9.62. The normalized spacial score (nSPS) is 14.4. The smallest absolute Gasteiger partial charge is 0.322 e. The third-order valence-electron chi connectivity index (χ3n) is 6.85. The molecule has 6 rings (SSSR count). The highest BCUT2D eigenvalue weighted by Crippen LogP contribution is 2.39. The Hall–Kier alpha value is -4.49. The minimum atomic E-state index is -0.386. The highest BCUT2D eigenvalue weighted by molar-refractivity contribution is 6.30. The van der Waals surface area contributed by atoms with Crippen LogP contribution in [-0.2, 0) is 6.54 Å². The number of nitrogens with one attached hydrogen (secondary N) is 1. The number of rotatable bonds is 4. The van der Waals surface area contributed by atoms with Gasteiger partial charge in [0, 0.05) is 22.5 Å². The Bertz CT molecular complexity index is 1610. The monoisotopic (exact) mass is 523 g/mol. The van der Waals surface area contributed by atoms with E-state index in [1.807, 2.05) is 83.4 Å². The van der Waals surface area contributed by atoms with E-state index < -0.39 is 0 Å². The number of para-hydroxylation sites is 1. The number of hydrogen-bond donors (Lipinski definition) is 1. The molecule has 0 saturated carbocycles. The third-order valence-corrected chi connectivity index (χ3v) is 7.10. The maximum absolute atomic E-state index is 14.0. The molecular weight excluding hydrogens is 498 g/mol. The summed E-state index contributed by atoms with van der Waals surface area (Å²) in [5.41, 5.74) is 5.34. The lowest BCUT2D eigenvalue weighted by molar-refractivity contribution is 0.194. The molecule has 0 bridgehead atoms. The van der Waals surface area contributed by atoms with Crippen molar-refractivity contribution in [3.63, 3.8) is 0 Å². The molecule has 1 atom stereocenters. The van der Waals surface area contributed by atoms with E-state index in [2.05, 4.69) is 16.0 Å². The summed E-state index contributed by atoms with van der Waals surface area (Å²) in [6.45, 7) is 2.35. The molecule has 0 fully saturated rings. The number of fused-ring (bicyclic) bond motifs is 3. The molecule has 7 nitrogen and oxygen atoms in total. The Kier molecular flexibility index (Phi) is 6.13. The van der Waals surface area contributed by atoms with Crippen molar-refractivity contribution in [3.05, 3.63) is 125 Å². The number of carbonyl (C=O) groups is 1. The van der Waals surface area contributed by atoms with Gasteiger partial charge in [-0.25, -0.2) is 9.48 Å². The molecule has 2 amide bonds. The van der Waals surface area contributed by atoms with E-state index in [0.717, 1.165) is 39.8 Å². The number of nitrogens with zero attached hydrogens (tertiary/aromatic N) is 4. The molecule has 1 aliphatic heterocycles. The van der Waals surface area contributed by atoms with Crippen LogP contribution in [0.15, 0.2) is 97.2 Å². The fourth-order valence-corrected chi connectivity index (χ4v) is 5.17. The number of aromatic nitrogens is 3. The summed E-state index contributed by atoms with van der Waals surface area (Å²) < 4.78 is 9.64. The molecule has 3 aromatic carbocycles. The topological polar surface area (TPSA) is 64.3 Å². The van der Waals surface area contributed by atoms with E-state index in [9.17, 15) is 4.79 Å². The van der Waals surface area contributed by atoms with Crippen molar-refractivity contribution < 1.29 is 9.53 Å². The number of methoxy groups -OCH3 is 1. The molecular formula is C30H26ClN5O2. The van der Waals surface area contributed by atoms with Crippen LogP contribution in [0.25, 0.3) is 11.5 Å². The number of ether oxygens (including phenoxy) is 1. The lowest BCUT2D eigenvalue weighted by Crippen LogP contribution is -2.38. The second-order valence-electron chi connectivity index (χ2n) is 9.18. The van der Waals surface area contributed by atoms with Gasteiger partial charge in [0.25, 0.3) is 0 Å². The summed E-state index contributed by atoms with van der Waals surface area (Å²) >= 11 is 6.07. The van der Waals surface area contributed by atoms with Gasteiger partial charge in [0.1, 0.15) is 11.6 Å². The first-order valence-corrected chi connectivity index (χ1v) is 12.7. The van der Waals surface area contributed by atoms with E-state index >= 15 is 0 Å². The molecule has 190 valence electrons. The van der Waals surface area contributed by atoms with Crippen molar-refractivity contribution in [1.29, 1.82) is 0 Å². The van der Waals surface area contributed by atoms with Crippen molar-refractivity contribution in [2.75, 3.05) is 12.4 Å². The van der Waals surface area contributed by atoms with Gasteiger partial charge in [-0.2, -0.15) is 5.10 Å².